The van der Waals surface area contributed by atoms with Gasteiger partial charge >= 0.3 is 0 Å². The fraction of sp³-hybridized carbons (Fsp3) is 0.240. The Hall–Kier alpha value is -2.67. The molecular formula is C25H25Cl2N3O6S2. The van der Waals surface area contributed by atoms with Crippen molar-refractivity contribution in [1.82, 2.24) is 4.31 Å². The zero-order valence-corrected chi connectivity index (χ0v) is 23.4. The highest BCUT2D eigenvalue weighted by atomic mass is 35.5. The second-order valence-electron chi connectivity index (χ2n) is 8.53. The van der Waals surface area contributed by atoms with Crippen molar-refractivity contribution < 1.29 is 26.4 Å². The van der Waals surface area contributed by atoms with Crippen LogP contribution in [0.1, 0.15) is 15.9 Å². The molecule has 0 aromatic heterocycles. The number of carbonyl (C=O) groups is 1. The van der Waals surface area contributed by atoms with Gasteiger partial charge in [0.05, 0.1) is 46.6 Å². The summed E-state index contributed by atoms with van der Waals surface area (Å²) >= 11 is 12.3. The fourth-order valence-electron chi connectivity index (χ4n) is 3.84. The summed E-state index contributed by atoms with van der Waals surface area (Å²) in [7, 11) is -7.32. The van der Waals surface area contributed by atoms with Gasteiger partial charge in [0.1, 0.15) is 0 Å². The van der Waals surface area contributed by atoms with Crippen LogP contribution in [0.4, 0.5) is 11.4 Å². The van der Waals surface area contributed by atoms with Crippen LogP contribution >= 0.6 is 23.2 Å². The van der Waals surface area contributed by atoms with Crippen LogP contribution in [0.5, 0.6) is 0 Å². The summed E-state index contributed by atoms with van der Waals surface area (Å²) in [5.74, 6) is -0.404. The number of morpholine rings is 1. The lowest BCUT2D eigenvalue weighted by Gasteiger charge is -2.26. The van der Waals surface area contributed by atoms with E-state index in [9.17, 15) is 21.6 Å². The third kappa shape index (κ3) is 6.48. The number of benzene rings is 3. The molecule has 1 heterocycles. The number of amides is 1. The Morgan fingerprint density at radius 3 is 2.18 bits per heavy atom. The lowest BCUT2D eigenvalue weighted by Crippen LogP contribution is -2.40. The molecule has 1 saturated heterocycles. The van der Waals surface area contributed by atoms with Gasteiger partial charge in [-0.2, -0.15) is 4.31 Å². The maximum atomic E-state index is 12.8. The molecule has 1 aliphatic heterocycles. The summed E-state index contributed by atoms with van der Waals surface area (Å²) in [6.45, 7) is 1.29. The van der Waals surface area contributed by atoms with Crippen LogP contribution in [0.15, 0.2) is 71.6 Å². The molecule has 1 amide bonds. The monoisotopic (exact) mass is 597 g/mol. The number of sulfonamides is 2. The topological polar surface area (TPSA) is 113 Å². The summed E-state index contributed by atoms with van der Waals surface area (Å²) in [6.07, 6.45) is 1.07. The average Bonchev–Trinajstić information content (AvgIpc) is 2.89. The van der Waals surface area contributed by atoms with Crippen LogP contribution < -0.4 is 9.62 Å². The summed E-state index contributed by atoms with van der Waals surface area (Å²) in [4.78, 5) is 12.9. The summed E-state index contributed by atoms with van der Waals surface area (Å²) in [5.41, 5.74) is 1.65. The molecular weight excluding hydrogens is 573 g/mol. The molecule has 0 spiro atoms. The second kappa shape index (κ2) is 11.6. The lowest BCUT2D eigenvalue weighted by atomic mass is 10.1. The van der Waals surface area contributed by atoms with Crippen molar-refractivity contribution in [3.8, 4) is 0 Å². The van der Waals surface area contributed by atoms with Gasteiger partial charge in [0.25, 0.3) is 5.91 Å². The van der Waals surface area contributed by atoms with Gasteiger partial charge in [0.2, 0.25) is 20.0 Å². The van der Waals surface area contributed by atoms with Crippen LogP contribution in [0.2, 0.25) is 10.0 Å². The van der Waals surface area contributed by atoms with Crippen molar-refractivity contribution in [3.05, 3.63) is 87.9 Å². The molecule has 202 valence electrons. The van der Waals surface area contributed by atoms with E-state index in [1.54, 1.807) is 42.5 Å². The number of ether oxygens (including phenoxy) is 1. The quantitative estimate of drug-likeness (QED) is 0.415. The number of nitrogens with zero attached hydrogens (tertiary/aromatic N) is 2. The lowest BCUT2D eigenvalue weighted by molar-refractivity contribution is 0.0730. The third-order valence-electron chi connectivity index (χ3n) is 5.86. The van der Waals surface area contributed by atoms with Gasteiger partial charge in [-0.05, 0) is 54.1 Å². The maximum absolute atomic E-state index is 12.8. The van der Waals surface area contributed by atoms with Gasteiger partial charge in [-0.1, -0.05) is 41.4 Å². The molecule has 0 saturated carbocycles. The molecule has 0 bridgehead atoms. The minimum atomic E-state index is -3.69. The van der Waals surface area contributed by atoms with Gasteiger partial charge < -0.3 is 10.1 Å². The third-order valence-corrected chi connectivity index (χ3v) is 9.71. The van der Waals surface area contributed by atoms with Crippen molar-refractivity contribution in [1.29, 1.82) is 0 Å². The standard InChI is InChI=1S/C25H25Cl2N3O6S2/c1-37(32,33)30(23-4-2-3-22(26)24(23)27)17-18-5-7-19(8-6-18)25(31)28-20-9-11-21(12-10-20)38(34,35)29-13-15-36-16-14-29/h2-12H,13-17H2,1H3,(H,28,31). The minimum absolute atomic E-state index is 0.0140. The predicted octanol–water partition coefficient (Wildman–Crippen LogP) is 4.23. The Morgan fingerprint density at radius 2 is 1.58 bits per heavy atom. The number of anilines is 2. The molecule has 0 aliphatic carbocycles. The summed E-state index contributed by atoms with van der Waals surface area (Å²) in [5, 5.41) is 3.09. The van der Waals surface area contributed by atoms with Crippen molar-refractivity contribution in [2.75, 3.05) is 42.2 Å². The van der Waals surface area contributed by atoms with E-state index < -0.39 is 26.0 Å². The number of halogens is 2. The molecule has 38 heavy (non-hydrogen) atoms. The molecule has 0 radical (unpaired) electrons. The van der Waals surface area contributed by atoms with E-state index in [0.717, 1.165) is 10.6 Å². The Balaban J connectivity index is 1.44. The Morgan fingerprint density at radius 1 is 0.947 bits per heavy atom. The SMILES string of the molecule is CS(=O)(=O)N(Cc1ccc(C(=O)Nc2ccc(S(=O)(=O)N3CCOCC3)cc2)cc1)c1cccc(Cl)c1Cl. The van der Waals surface area contributed by atoms with Crippen molar-refractivity contribution in [2.24, 2.45) is 0 Å². The normalized spacial score (nSPS) is 14.7. The van der Waals surface area contributed by atoms with Gasteiger partial charge in [0.15, 0.2) is 0 Å². The Labute approximate surface area is 232 Å². The number of hydrogen-bond donors (Lipinski definition) is 1. The van der Waals surface area contributed by atoms with E-state index in [1.807, 2.05) is 0 Å². The molecule has 1 aliphatic rings. The first-order chi connectivity index (χ1) is 18.0. The Kier molecular flexibility index (Phi) is 8.65. The molecule has 4 rings (SSSR count). The largest absolute Gasteiger partial charge is 0.379 e. The smallest absolute Gasteiger partial charge is 0.255 e. The second-order valence-corrected chi connectivity index (χ2v) is 13.2. The molecule has 0 atom stereocenters. The van der Waals surface area contributed by atoms with Crippen LogP contribution in [0.25, 0.3) is 0 Å². The molecule has 3 aromatic carbocycles. The van der Waals surface area contributed by atoms with E-state index in [1.165, 1.54) is 28.6 Å². The van der Waals surface area contributed by atoms with Crippen molar-refractivity contribution >= 4 is 60.5 Å². The van der Waals surface area contributed by atoms with Crippen molar-refractivity contribution in [3.63, 3.8) is 0 Å². The molecule has 13 heteroatoms. The average molecular weight is 599 g/mol. The molecule has 1 fully saturated rings. The van der Waals surface area contributed by atoms with Crippen molar-refractivity contribution in [2.45, 2.75) is 11.4 Å². The Bertz CT molecular complexity index is 1520. The van der Waals surface area contributed by atoms with Crippen LogP contribution in [0.3, 0.4) is 0 Å². The molecule has 3 aromatic rings. The van der Waals surface area contributed by atoms with Crippen LogP contribution in [-0.4, -0.2) is 59.6 Å². The van der Waals surface area contributed by atoms with E-state index >= 15 is 0 Å². The van der Waals surface area contributed by atoms with Gasteiger partial charge in [-0.15, -0.1) is 0 Å². The van der Waals surface area contributed by atoms with E-state index in [2.05, 4.69) is 5.32 Å². The fourth-order valence-corrected chi connectivity index (χ4v) is 6.59. The van der Waals surface area contributed by atoms with E-state index in [0.29, 0.717) is 43.1 Å². The van der Waals surface area contributed by atoms with E-state index in [4.69, 9.17) is 27.9 Å². The summed E-state index contributed by atoms with van der Waals surface area (Å²) < 4.78 is 58.2. The molecule has 1 N–H and O–H groups in total. The number of carbonyl (C=O) groups excluding carboxylic acids is 1. The maximum Gasteiger partial charge on any atom is 0.255 e. The van der Waals surface area contributed by atoms with E-state index in [-0.39, 0.29) is 27.2 Å². The van der Waals surface area contributed by atoms with Gasteiger partial charge in [0, 0.05) is 24.3 Å². The highest BCUT2D eigenvalue weighted by molar-refractivity contribution is 7.92. The van der Waals surface area contributed by atoms with Crippen LogP contribution in [-0.2, 0) is 31.3 Å². The zero-order valence-electron chi connectivity index (χ0n) is 20.3. The highest BCUT2D eigenvalue weighted by Gasteiger charge is 2.26. The number of nitrogens with one attached hydrogen (secondary N) is 1. The first-order valence-corrected chi connectivity index (χ1v) is 15.5. The molecule has 0 unspecified atom stereocenters. The summed E-state index contributed by atoms with van der Waals surface area (Å²) in [6, 6.07) is 17.1. The highest BCUT2D eigenvalue weighted by Crippen LogP contribution is 2.34. The van der Waals surface area contributed by atoms with Gasteiger partial charge in [-0.3, -0.25) is 9.10 Å². The number of hydrogen-bond acceptors (Lipinski definition) is 6. The van der Waals surface area contributed by atoms with Gasteiger partial charge in [-0.25, -0.2) is 16.8 Å². The number of rotatable bonds is 8. The van der Waals surface area contributed by atoms with Crippen LogP contribution in [0, 0.1) is 0 Å². The first-order valence-electron chi connectivity index (χ1n) is 11.5. The molecule has 9 nitrogen and oxygen atoms in total. The zero-order chi connectivity index (χ0) is 27.5. The predicted molar refractivity (Wildman–Crippen MR) is 148 cm³/mol. The minimum Gasteiger partial charge on any atom is -0.379 e. The first kappa shape index (κ1) is 28.3.